The maximum absolute atomic E-state index is 12.2. The molecule has 3 aromatic heterocycles. The van der Waals surface area contributed by atoms with E-state index in [0.29, 0.717) is 27.5 Å². The van der Waals surface area contributed by atoms with Gasteiger partial charge in [-0.05, 0) is 50.6 Å². The van der Waals surface area contributed by atoms with Crippen molar-refractivity contribution in [2.45, 2.75) is 37.7 Å². The smallest absolute Gasteiger partial charge is 0.270 e. The highest BCUT2D eigenvalue weighted by Crippen LogP contribution is 2.32. The summed E-state index contributed by atoms with van der Waals surface area (Å²) in [6, 6.07) is 9.61. The number of thiazole rings is 1. The monoisotopic (exact) mass is 484 g/mol. The molecule has 0 atom stereocenters. The Kier molecular flexibility index (Phi) is 6.88. The molecule has 0 aliphatic rings. The maximum Gasteiger partial charge on any atom is 0.270 e. The van der Waals surface area contributed by atoms with E-state index in [9.17, 15) is 4.79 Å². The third-order valence-corrected chi connectivity index (χ3v) is 6.70. The molecule has 3 heterocycles. The number of benzene rings is 1. The van der Waals surface area contributed by atoms with Gasteiger partial charge in [0.1, 0.15) is 10.7 Å². The van der Waals surface area contributed by atoms with Crippen molar-refractivity contribution in [1.82, 2.24) is 30.0 Å². The average molecular weight is 485 g/mol. The second-order valence-electron chi connectivity index (χ2n) is 7.36. The Balaban J connectivity index is 1.65. The summed E-state index contributed by atoms with van der Waals surface area (Å²) in [6.45, 7) is 5.87. The van der Waals surface area contributed by atoms with Crippen molar-refractivity contribution in [2.24, 2.45) is 0 Å². The fourth-order valence-electron chi connectivity index (χ4n) is 3.03. The van der Waals surface area contributed by atoms with Crippen LogP contribution in [0.15, 0.2) is 53.3 Å². The first-order valence-corrected chi connectivity index (χ1v) is 12.2. The highest BCUT2D eigenvalue weighted by molar-refractivity contribution is 7.98. The van der Waals surface area contributed by atoms with Crippen molar-refractivity contribution in [3.05, 3.63) is 69.4 Å². The Morgan fingerprint density at radius 2 is 2.12 bits per heavy atom. The molecule has 0 unspecified atom stereocenters. The Hall–Kier alpha value is -2.75. The van der Waals surface area contributed by atoms with Gasteiger partial charge in [-0.1, -0.05) is 29.4 Å². The molecule has 0 aliphatic carbocycles. The number of nitrogens with one attached hydrogen (secondary N) is 1. The van der Waals surface area contributed by atoms with E-state index in [1.165, 1.54) is 23.1 Å². The number of pyridine rings is 1. The highest BCUT2D eigenvalue weighted by Gasteiger charge is 2.19. The SMILES string of the molecule is Cc1ccc(Cl)cc1-n1c(SCc2nc(C(=O)NC(C)C)cs2)nnc1-c1cccnc1. The van der Waals surface area contributed by atoms with Crippen molar-refractivity contribution >= 4 is 40.6 Å². The first-order valence-electron chi connectivity index (χ1n) is 9.93. The van der Waals surface area contributed by atoms with Crippen LogP contribution in [0.25, 0.3) is 17.1 Å². The van der Waals surface area contributed by atoms with Crippen LogP contribution in [-0.4, -0.2) is 36.7 Å². The number of aromatic nitrogens is 5. The summed E-state index contributed by atoms with van der Waals surface area (Å²) >= 11 is 9.27. The fourth-order valence-corrected chi connectivity index (χ4v) is 4.93. The van der Waals surface area contributed by atoms with Crippen molar-refractivity contribution in [3.63, 3.8) is 0 Å². The minimum absolute atomic E-state index is 0.0624. The lowest BCUT2D eigenvalue weighted by Crippen LogP contribution is -2.30. The van der Waals surface area contributed by atoms with E-state index in [1.807, 2.05) is 55.7 Å². The first kappa shape index (κ1) is 22.4. The fraction of sp³-hybridized carbons (Fsp3) is 0.227. The van der Waals surface area contributed by atoms with E-state index >= 15 is 0 Å². The van der Waals surface area contributed by atoms with Gasteiger partial charge in [0.2, 0.25) is 0 Å². The van der Waals surface area contributed by atoms with Gasteiger partial charge >= 0.3 is 0 Å². The zero-order valence-electron chi connectivity index (χ0n) is 17.7. The van der Waals surface area contributed by atoms with E-state index in [0.717, 1.165) is 21.8 Å². The Labute approximate surface area is 199 Å². The molecule has 1 aromatic carbocycles. The highest BCUT2D eigenvalue weighted by atomic mass is 35.5. The summed E-state index contributed by atoms with van der Waals surface area (Å²) in [5.74, 6) is 1.08. The van der Waals surface area contributed by atoms with Crippen molar-refractivity contribution in [1.29, 1.82) is 0 Å². The van der Waals surface area contributed by atoms with Gasteiger partial charge in [0.15, 0.2) is 11.0 Å². The number of carbonyl (C=O) groups is 1. The van der Waals surface area contributed by atoms with E-state index < -0.39 is 0 Å². The number of halogens is 1. The van der Waals surface area contributed by atoms with Crippen LogP contribution in [-0.2, 0) is 5.75 Å². The summed E-state index contributed by atoms with van der Waals surface area (Å²) in [5.41, 5.74) is 3.23. The molecule has 0 saturated heterocycles. The van der Waals surface area contributed by atoms with Crippen LogP contribution in [0.4, 0.5) is 0 Å². The molecular weight excluding hydrogens is 464 g/mol. The molecule has 4 aromatic rings. The number of nitrogens with zero attached hydrogens (tertiary/aromatic N) is 5. The molecule has 164 valence electrons. The average Bonchev–Trinajstić information content (AvgIpc) is 3.41. The molecule has 0 aliphatic heterocycles. The number of aryl methyl sites for hydroxylation is 1. The lowest BCUT2D eigenvalue weighted by atomic mass is 10.2. The van der Waals surface area contributed by atoms with Gasteiger partial charge in [0.05, 0.1) is 11.4 Å². The number of rotatable bonds is 7. The lowest BCUT2D eigenvalue weighted by Gasteiger charge is -2.13. The Morgan fingerprint density at radius 1 is 1.28 bits per heavy atom. The van der Waals surface area contributed by atoms with Gasteiger partial charge in [0.25, 0.3) is 5.91 Å². The van der Waals surface area contributed by atoms with Crippen LogP contribution < -0.4 is 5.32 Å². The second kappa shape index (κ2) is 9.81. The first-order chi connectivity index (χ1) is 15.4. The quantitative estimate of drug-likeness (QED) is 0.364. The van der Waals surface area contributed by atoms with Crippen LogP contribution in [0.3, 0.4) is 0 Å². The van der Waals surface area contributed by atoms with Crippen LogP contribution in [0.5, 0.6) is 0 Å². The molecular formula is C22H21ClN6OS2. The molecule has 7 nitrogen and oxygen atoms in total. The number of carbonyl (C=O) groups excluding carboxylic acids is 1. The molecule has 1 N–H and O–H groups in total. The third-order valence-electron chi connectivity index (χ3n) is 4.49. The third kappa shape index (κ3) is 5.01. The van der Waals surface area contributed by atoms with Gasteiger partial charge in [-0.15, -0.1) is 21.5 Å². The van der Waals surface area contributed by atoms with E-state index in [1.54, 1.807) is 17.8 Å². The van der Waals surface area contributed by atoms with Crippen LogP contribution in [0.1, 0.15) is 34.9 Å². The summed E-state index contributed by atoms with van der Waals surface area (Å²) in [4.78, 5) is 20.9. The molecule has 0 saturated carbocycles. The summed E-state index contributed by atoms with van der Waals surface area (Å²) < 4.78 is 1.99. The van der Waals surface area contributed by atoms with Gasteiger partial charge in [-0.3, -0.25) is 14.3 Å². The van der Waals surface area contributed by atoms with Crippen molar-refractivity contribution < 1.29 is 4.79 Å². The molecule has 0 bridgehead atoms. The van der Waals surface area contributed by atoms with E-state index in [-0.39, 0.29) is 11.9 Å². The number of amides is 1. The van der Waals surface area contributed by atoms with Gasteiger partial charge in [-0.25, -0.2) is 4.98 Å². The standard InChI is InChI=1S/C22H21ClN6OS2/c1-13(2)25-21(30)17-11-31-19(26-17)12-32-22-28-27-20(15-5-4-8-24-10-15)29(22)18-9-16(23)7-6-14(18)3/h4-11,13H,12H2,1-3H3,(H,25,30). The molecule has 4 rings (SSSR count). The van der Waals surface area contributed by atoms with Crippen molar-refractivity contribution in [2.75, 3.05) is 0 Å². The van der Waals surface area contributed by atoms with Crippen LogP contribution in [0, 0.1) is 6.92 Å². The maximum atomic E-state index is 12.2. The summed E-state index contributed by atoms with van der Waals surface area (Å²) in [7, 11) is 0. The van der Waals surface area contributed by atoms with Crippen LogP contribution >= 0.6 is 34.7 Å². The molecule has 0 fully saturated rings. The largest absolute Gasteiger partial charge is 0.349 e. The minimum atomic E-state index is -0.163. The normalized spacial score (nSPS) is 11.2. The molecule has 10 heteroatoms. The molecule has 0 spiro atoms. The number of hydrogen-bond donors (Lipinski definition) is 1. The molecule has 1 amide bonds. The molecule has 0 radical (unpaired) electrons. The van der Waals surface area contributed by atoms with Crippen molar-refractivity contribution in [3.8, 4) is 17.1 Å². The van der Waals surface area contributed by atoms with Gasteiger partial charge < -0.3 is 5.32 Å². The minimum Gasteiger partial charge on any atom is -0.349 e. The van der Waals surface area contributed by atoms with E-state index in [4.69, 9.17) is 11.6 Å². The predicted molar refractivity (Wildman–Crippen MR) is 129 cm³/mol. The lowest BCUT2D eigenvalue weighted by molar-refractivity contribution is 0.0938. The topological polar surface area (TPSA) is 85.6 Å². The van der Waals surface area contributed by atoms with Gasteiger partial charge in [-0.2, -0.15) is 0 Å². The summed E-state index contributed by atoms with van der Waals surface area (Å²) in [6.07, 6.45) is 3.48. The zero-order valence-corrected chi connectivity index (χ0v) is 20.1. The van der Waals surface area contributed by atoms with Crippen LogP contribution in [0.2, 0.25) is 5.02 Å². The van der Waals surface area contributed by atoms with Gasteiger partial charge in [0, 0.05) is 34.4 Å². The predicted octanol–water partition coefficient (Wildman–Crippen LogP) is 5.18. The second-order valence-corrected chi connectivity index (χ2v) is 9.68. The van der Waals surface area contributed by atoms with E-state index in [2.05, 4.69) is 25.5 Å². The zero-order chi connectivity index (χ0) is 22.7. The number of hydrogen-bond acceptors (Lipinski definition) is 7. The molecule has 32 heavy (non-hydrogen) atoms. The number of thioether (sulfide) groups is 1. The summed E-state index contributed by atoms with van der Waals surface area (Å²) in [5, 5.41) is 15.7. The Bertz CT molecular complexity index is 1240. The Morgan fingerprint density at radius 3 is 2.88 bits per heavy atom.